The van der Waals surface area contributed by atoms with Crippen LogP contribution in [-0.4, -0.2) is 10.2 Å². The molecular formula is C16H16Cl2N2. The SMILES string of the molecule is Cc1ccc(CC2(c3ccc(C(Cl)Cl)cc3)CC2)nn1. The first-order valence-corrected chi connectivity index (χ1v) is 7.64. The van der Waals surface area contributed by atoms with Gasteiger partial charge >= 0.3 is 0 Å². The van der Waals surface area contributed by atoms with Crippen molar-refractivity contribution in [3.05, 3.63) is 58.9 Å². The monoisotopic (exact) mass is 306 g/mol. The third-order valence-corrected chi connectivity index (χ3v) is 4.51. The number of aromatic nitrogens is 2. The molecule has 2 aromatic rings. The maximum Gasteiger partial charge on any atom is 0.132 e. The van der Waals surface area contributed by atoms with Crippen LogP contribution in [0.5, 0.6) is 0 Å². The van der Waals surface area contributed by atoms with E-state index in [-0.39, 0.29) is 5.41 Å². The lowest BCUT2D eigenvalue weighted by Gasteiger charge is -2.16. The van der Waals surface area contributed by atoms with Crippen molar-refractivity contribution in [1.29, 1.82) is 0 Å². The molecule has 0 amide bonds. The number of alkyl halides is 2. The lowest BCUT2D eigenvalue weighted by atomic mass is 9.90. The van der Waals surface area contributed by atoms with E-state index in [1.165, 1.54) is 18.4 Å². The van der Waals surface area contributed by atoms with Crippen LogP contribution in [0, 0.1) is 6.92 Å². The molecule has 1 aliphatic carbocycles. The maximum absolute atomic E-state index is 5.88. The van der Waals surface area contributed by atoms with Gasteiger partial charge in [-0.05, 0) is 43.0 Å². The molecule has 1 fully saturated rings. The van der Waals surface area contributed by atoms with Gasteiger partial charge in [0.2, 0.25) is 0 Å². The van der Waals surface area contributed by atoms with Gasteiger partial charge in [0.1, 0.15) is 4.84 Å². The number of aryl methyl sites for hydroxylation is 1. The molecule has 1 aromatic heterocycles. The summed E-state index contributed by atoms with van der Waals surface area (Å²) in [4.78, 5) is -0.456. The Morgan fingerprint density at radius 1 is 1.05 bits per heavy atom. The summed E-state index contributed by atoms with van der Waals surface area (Å²) in [5.74, 6) is 0. The van der Waals surface area contributed by atoms with Gasteiger partial charge in [0.25, 0.3) is 0 Å². The van der Waals surface area contributed by atoms with Crippen molar-refractivity contribution in [1.82, 2.24) is 10.2 Å². The Morgan fingerprint density at radius 3 is 2.25 bits per heavy atom. The second-order valence-corrected chi connectivity index (χ2v) is 6.64. The van der Waals surface area contributed by atoms with E-state index in [1.54, 1.807) is 0 Å². The molecule has 1 aromatic carbocycles. The van der Waals surface area contributed by atoms with Crippen LogP contribution in [0.25, 0.3) is 0 Å². The van der Waals surface area contributed by atoms with Crippen molar-refractivity contribution in [2.75, 3.05) is 0 Å². The van der Waals surface area contributed by atoms with E-state index in [4.69, 9.17) is 23.2 Å². The van der Waals surface area contributed by atoms with Crippen LogP contribution >= 0.6 is 23.2 Å². The summed E-state index contributed by atoms with van der Waals surface area (Å²) in [6.07, 6.45) is 3.35. The van der Waals surface area contributed by atoms with Gasteiger partial charge in [-0.25, -0.2) is 0 Å². The van der Waals surface area contributed by atoms with E-state index in [9.17, 15) is 0 Å². The van der Waals surface area contributed by atoms with Gasteiger partial charge in [0.15, 0.2) is 0 Å². The van der Waals surface area contributed by atoms with Crippen molar-refractivity contribution in [2.24, 2.45) is 0 Å². The minimum Gasteiger partial charge on any atom is -0.156 e. The molecule has 20 heavy (non-hydrogen) atoms. The third kappa shape index (κ3) is 2.82. The van der Waals surface area contributed by atoms with Crippen LogP contribution in [0.15, 0.2) is 36.4 Å². The summed E-state index contributed by atoms with van der Waals surface area (Å²) in [6.45, 7) is 1.96. The minimum atomic E-state index is -0.456. The fourth-order valence-electron chi connectivity index (χ4n) is 2.57. The van der Waals surface area contributed by atoms with Gasteiger partial charge < -0.3 is 0 Å². The highest BCUT2D eigenvalue weighted by Gasteiger charge is 2.44. The third-order valence-electron chi connectivity index (χ3n) is 4.00. The highest BCUT2D eigenvalue weighted by molar-refractivity contribution is 6.44. The van der Waals surface area contributed by atoms with Crippen molar-refractivity contribution in [3.63, 3.8) is 0 Å². The van der Waals surface area contributed by atoms with Crippen molar-refractivity contribution in [2.45, 2.75) is 36.4 Å². The Hall–Kier alpha value is -1.12. The van der Waals surface area contributed by atoms with E-state index < -0.39 is 4.84 Å². The standard InChI is InChI=1S/C16H16Cl2N2/c1-11-2-7-14(20-19-11)10-16(8-9-16)13-5-3-12(4-6-13)15(17)18/h2-7,15H,8-10H2,1H3. The first-order valence-electron chi connectivity index (χ1n) is 6.77. The average molecular weight is 307 g/mol. The zero-order valence-electron chi connectivity index (χ0n) is 11.3. The zero-order chi connectivity index (χ0) is 14.2. The molecule has 1 aliphatic rings. The molecule has 0 N–H and O–H groups in total. The van der Waals surface area contributed by atoms with Gasteiger partial charge in [-0.1, -0.05) is 24.3 Å². The van der Waals surface area contributed by atoms with Crippen molar-refractivity contribution in [3.8, 4) is 0 Å². The van der Waals surface area contributed by atoms with Gasteiger partial charge in [-0.2, -0.15) is 10.2 Å². The number of hydrogen-bond donors (Lipinski definition) is 0. The fraction of sp³-hybridized carbons (Fsp3) is 0.375. The normalized spacial score (nSPS) is 16.4. The maximum atomic E-state index is 5.88. The van der Waals surface area contributed by atoms with E-state index in [2.05, 4.69) is 28.4 Å². The lowest BCUT2D eigenvalue weighted by Crippen LogP contribution is -2.12. The van der Waals surface area contributed by atoms with Crippen LogP contribution in [0.3, 0.4) is 0 Å². The predicted molar refractivity (Wildman–Crippen MR) is 82.3 cm³/mol. The number of hydrogen-bond acceptors (Lipinski definition) is 2. The van der Waals surface area contributed by atoms with Crippen LogP contribution in [0.2, 0.25) is 0 Å². The molecule has 3 rings (SSSR count). The summed E-state index contributed by atoms with van der Waals surface area (Å²) < 4.78 is 0. The molecule has 0 radical (unpaired) electrons. The summed E-state index contributed by atoms with van der Waals surface area (Å²) >= 11 is 11.8. The van der Waals surface area contributed by atoms with Crippen LogP contribution in [0.4, 0.5) is 0 Å². The molecular weight excluding hydrogens is 291 g/mol. The van der Waals surface area contributed by atoms with Crippen LogP contribution in [-0.2, 0) is 11.8 Å². The number of benzene rings is 1. The average Bonchev–Trinajstić information content (AvgIpc) is 3.22. The summed E-state index contributed by atoms with van der Waals surface area (Å²) in [5.41, 5.74) is 4.54. The molecule has 1 heterocycles. The molecule has 4 heteroatoms. The number of nitrogens with zero attached hydrogens (tertiary/aromatic N) is 2. The summed E-state index contributed by atoms with van der Waals surface area (Å²) in [7, 11) is 0. The molecule has 2 nitrogen and oxygen atoms in total. The highest BCUT2D eigenvalue weighted by atomic mass is 35.5. The molecule has 0 unspecified atom stereocenters. The Kier molecular flexibility index (Phi) is 3.70. The fourth-order valence-corrected chi connectivity index (χ4v) is 2.86. The zero-order valence-corrected chi connectivity index (χ0v) is 12.8. The molecule has 0 aliphatic heterocycles. The van der Waals surface area contributed by atoms with Crippen LogP contribution in [0.1, 0.15) is 40.2 Å². The van der Waals surface area contributed by atoms with E-state index >= 15 is 0 Å². The largest absolute Gasteiger partial charge is 0.156 e. The molecule has 0 spiro atoms. The summed E-state index contributed by atoms with van der Waals surface area (Å²) in [6, 6.07) is 12.4. The smallest absolute Gasteiger partial charge is 0.132 e. The minimum absolute atomic E-state index is 0.233. The molecule has 0 atom stereocenters. The Bertz CT molecular complexity index is 587. The van der Waals surface area contributed by atoms with E-state index in [0.717, 1.165) is 23.4 Å². The molecule has 0 saturated heterocycles. The predicted octanol–water partition coefficient (Wildman–Crippen LogP) is 4.54. The molecule has 0 bridgehead atoms. The second kappa shape index (κ2) is 5.34. The Morgan fingerprint density at radius 2 is 1.75 bits per heavy atom. The molecule has 104 valence electrons. The van der Waals surface area contributed by atoms with Crippen LogP contribution < -0.4 is 0 Å². The lowest BCUT2D eigenvalue weighted by molar-refractivity contribution is 0.661. The number of rotatable bonds is 4. The van der Waals surface area contributed by atoms with Gasteiger partial charge in [-0.15, -0.1) is 23.2 Å². The molecule has 1 saturated carbocycles. The van der Waals surface area contributed by atoms with Gasteiger partial charge in [-0.3, -0.25) is 0 Å². The quantitative estimate of drug-likeness (QED) is 0.775. The summed E-state index contributed by atoms with van der Waals surface area (Å²) in [5, 5.41) is 8.42. The number of halogens is 2. The first-order chi connectivity index (χ1) is 9.59. The van der Waals surface area contributed by atoms with E-state index in [1.807, 2.05) is 25.1 Å². The second-order valence-electron chi connectivity index (χ2n) is 5.55. The topological polar surface area (TPSA) is 25.8 Å². The van der Waals surface area contributed by atoms with Gasteiger partial charge in [0.05, 0.1) is 11.4 Å². The Balaban J connectivity index is 1.80. The van der Waals surface area contributed by atoms with E-state index in [0.29, 0.717) is 0 Å². The van der Waals surface area contributed by atoms with Crippen molar-refractivity contribution >= 4 is 23.2 Å². The first kappa shape index (κ1) is 13.8. The highest BCUT2D eigenvalue weighted by Crippen LogP contribution is 2.50. The Labute approximate surface area is 129 Å². The van der Waals surface area contributed by atoms with Crippen molar-refractivity contribution < 1.29 is 0 Å². The van der Waals surface area contributed by atoms with Gasteiger partial charge in [0, 0.05) is 11.8 Å².